The van der Waals surface area contributed by atoms with Crippen LogP contribution in [0.15, 0.2) is 18.2 Å². The van der Waals surface area contributed by atoms with Crippen molar-refractivity contribution in [1.82, 2.24) is 0 Å². The van der Waals surface area contributed by atoms with Crippen molar-refractivity contribution in [3.05, 3.63) is 29.3 Å². The van der Waals surface area contributed by atoms with Crippen molar-refractivity contribution in [3.8, 4) is 5.75 Å². The number of rotatable bonds is 8. The monoisotopic (exact) mass is 276 g/mol. The van der Waals surface area contributed by atoms with Crippen LogP contribution >= 0.6 is 0 Å². The van der Waals surface area contributed by atoms with E-state index in [1.807, 2.05) is 12.1 Å². The highest BCUT2D eigenvalue weighted by atomic mass is 16.5. The molecular weight excluding hydrogens is 248 g/mol. The van der Waals surface area contributed by atoms with Crippen molar-refractivity contribution in [2.45, 2.75) is 70.8 Å². The van der Waals surface area contributed by atoms with Crippen LogP contribution in [0, 0.1) is 0 Å². The summed E-state index contributed by atoms with van der Waals surface area (Å²) in [6.07, 6.45) is 10.2. The number of benzene rings is 1. The van der Waals surface area contributed by atoms with Crippen LogP contribution in [0.3, 0.4) is 0 Å². The van der Waals surface area contributed by atoms with Crippen molar-refractivity contribution >= 4 is 0 Å². The number of aryl methyl sites for hydroxylation is 1. The molecule has 0 amide bonds. The van der Waals surface area contributed by atoms with Gasteiger partial charge in [-0.25, -0.2) is 0 Å². The van der Waals surface area contributed by atoms with Gasteiger partial charge in [-0.3, -0.25) is 0 Å². The molecule has 0 saturated heterocycles. The molecule has 0 spiro atoms. The number of ether oxygens (including phenoxy) is 1. The van der Waals surface area contributed by atoms with E-state index in [4.69, 9.17) is 4.74 Å². The zero-order valence-electron chi connectivity index (χ0n) is 12.7. The summed E-state index contributed by atoms with van der Waals surface area (Å²) in [7, 11) is 0. The Kier molecular flexibility index (Phi) is 6.38. The molecular formula is C18H28O2. The molecule has 0 saturated carbocycles. The van der Waals surface area contributed by atoms with E-state index in [1.54, 1.807) is 0 Å². The van der Waals surface area contributed by atoms with Crippen molar-refractivity contribution in [3.63, 3.8) is 0 Å². The first-order chi connectivity index (χ1) is 9.83. The number of fused-ring (bicyclic) bond motifs is 1. The Labute approximate surface area is 123 Å². The lowest BCUT2D eigenvalue weighted by molar-refractivity contribution is 0.155. The third-order valence-electron chi connectivity index (χ3n) is 4.15. The number of hydrogen-bond donors (Lipinski definition) is 1. The molecule has 1 aromatic rings. The van der Waals surface area contributed by atoms with Gasteiger partial charge in [-0.05, 0) is 24.8 Å². The van der Waals surface area contributed by atoms with Gasteiger partial charge in [0.1, 0.15) is 5.75 Å². The van der Waals surface area contributed by atoms with Crippen molar-refractivity contribution in [2.24, 2.45) is 0 Å². The fourth-order valence-corrected chi connectivity index (χ4v) is 2.95. The second-order valence-electron chi connectivity index (χ2n) is 5.86. The molecule has 2 rings (SSSR count). The summed E-state index contributed by atoms with van der Waals surface area (Å²) in [6, 6.07) is 6.19. The van der Waals surface area contributed by atoms with E-state index in [9.17, 15) is 5.11 Å². The predicted octanol–water partition coefficient (Wildman–Crippen LogP) is 4.80. The van der Waals surface area contributed by atoms with E-state index < -0.39 is 0 Å². The fourth-order valence-electron chi connectivity index (χ4n) is 2.95. The molecule has 20 heavy (non-hydrogen) atoms. The lowest BCUT2D eigenvalue weighted by Gasteiger charge is -2.22. The quantitative estimate of drug-likeness (QED) is 0.691. The first-order valence-electron chi connectivity index (χ1n) is 8.25. The van der Waals surface area contributed by atoms with Crippen molar-refractivity contribution in [2.75, 3.05) is 6.61 Å². The van der Waals surface area contributed by atoms with E-state index in [-0.39, 0.29) is 6.10 Å². The van der Waals surface area contributed by atoms with E-state index in [0.29, 0.717) is 0 Å². The molecule has 1 N–H and O–H groups in total. The molecule has 1 heterocycles. The minimum Gasteiger partial charge on any atom is -0.493 e. The number of aliphatic hydroxyl groups excluding tert-OH is 1. The number of aliphatic hydroxyl groups is 1. The van der Waals surface area contributed by atoms with E-state index in [1.165, 1.54) is 37.7 Å². The molecule has 0 fully saturated rings. The fraction of sp³-hybridized carbons (Fsp3) is 0.667. The summed E-state index contributed by atoms with van der Waals surface area (Å²) in [5.74, 6) is 0.956. The maximum Gasteiger partial charge on any atom is 0.128 e. The third kappa shape index (κ3) is 4.24. The average molecular weight is 276 g/mol. The maximum atomic E-state index is 10.4. The van der Waals surface area contributed by atoms with Gasteiger partial charge in [0.25, 0.3) is 0 Å². The largest absolute Gasteiger partial charge is 0.493 e. The van der Waals surface area contributed by atoms with Crippen LogP contribution in [0.2, 0.25) is 0 Å². The van der Waals surface area contributed by atoms with Crippen LogP contribution in [0.25, 0.3) is 0 Å². The van der Waals surface area contributed by atoms with Gasteiger partial charge >= 0.3 is 0 Å². The lowest BCUT2D eigenvalue weighted by atomic mass is 9.96. The zero-order chi connectivity index (χ0) is 14.2. The maximum absolute atomic E-state index is 10.4. The molecule has 2 nitrogen and oxygen atoms in total. The first kappa shape index (κ1) is 15.4. The van der Waals surface area contributed by atoms with Gasteiger partial charge in [-0.1, -0.05) is 63.6 Å². The summed E-state index contributed by atoms with van der Waals surface area (Å²) in [5, 5.41) is 10.4. The number of unbranched alkanes of at least 4 members (excludes halogenated alkanes) is 5. The van der Waals surface area contributed by atoms with Gasteiger partial charge in [-0.2, -0.15) is 0 Å². The third-order valence-corrected chi connectivity index (χ3v) is 4.15. The second kappa shape index (κ2) is 8.31. The molecule has 1 aromatic carbocycles. The topological polar surface area (TPSA) is 29.5 Å². The predicted molar refractivity (Wildman–Crippen MR) is 83.2 cm³/mol. The summed E-state index contributed by atoms with van der Waals surface area (Å²) in [4.78, 5) is 0. The summed E-state index contributed by atoms with van der Waals surface area (Å²) in [6.45, 7) is 3.02. The molecule has 112 valence electrons. The van der Waals surface area contributed by atoms with Crippen molar-refractivity contribution < 1.29 is 9.84 Å². The molecule has 0 aliphatic carbocycles. The van der Waals surface area contributed by atoms with Crippen LogP contribution in [0.5, 0.6) is 5.75 Å². The minimum absolute atomic E-state index is 0.366. The highest BCUT2D eigenvalue weighted by molar-refractivity contribution is 5.43. The molecule has 2 heteroatoms. The SMILES string of the molecule is CCCCCCCCC(O)c1cccc2c1OCCC2. The molecule has 1 atom stereocenters. The Morgan fingerprint density at radius 3 is 2.80 bits per heavy atom. The molecule has 1 aliphatic rings. The Morgan fingerprint density at radius 2 is 1.95 bits per heavy atom. The molecule has 0 aromatic heterocycles. The first-order valence-corrected chi connectivity index (χ1v) is 8.25. The Hall–Kier alpha value is -1.02. The van der Waals surface area contributed by atoms with E-state index >= 15 is 0 Å². The number of para-hydroxylation sites is 1. The van der Waals surface area contributed by atoms with Gasteiger partial charge in [-0.15, -0.1) is 0 Å². The van der Waals surface area contributed by atoms with E-state index in [2.05, 4.69) is 13.0 Å². The molecule has 1 unspecified atom stereocenters. The number of hydrogen-bond acceptors (Lipinski definition) is 2. The van der Waals surface area contributed by atoms with Gasteiger partial charge in [0.05, 0.1) is 12.7 Å². The normalized spacial score (nSPS) is 15.5. The van der Waals surface area contributed by atoms with Gasteiger partial charge in [0.15, 0.2) is 0 Å². The summed E-state index contributed by atoms with van der Waals surface area (Å²) in [5.41, 5.74) is 2.26. The summed E-state index contributed by atoms with van der Waals surface area (Å²) >= 11 is 0. The van der Waals surface area contributed by atoms with Crippen LogP contribution < -0.4 is 4.74 Å². The van der Waals surface area contributed by atoms with Gasteiger partial charge < -0.3 is 9.84 Å². The smallest absolute Gasteiger partial charge is 0.128 e. The average Bonchev–Trinajstić information content (AvgIpc) is 2.50. The summed E-state index contributed by atoms with van der Waals surface area (Å²) < 4.78 is 5.78. The molecule has 0 radical (unpaired) electrons. The highest BCUT2D eigenvalue weighted by Crippen LogP contribution is 2.34. The second-order valence-corrected chi connectivity index (χ2v) is 5.86. The highest BCUT2D eigenvalue weighted by Gasteiger charge is 2.18. The Balaban J connectivity index is 1.82. The Morgan fingerprint density at radius 1 is 1.15 bits per heavy atom. The standard InChI is InChI=1S/C18H28O2/c1-2-3-4-5-6-7-13-17(19)16-12-8-10-15-11-9-14-20-18(15)16/h8,10,12,17,19H,2-7,9,11,13-14H2,1H3. The molecule has 1 aliphatic heterocycles. The van der Waals surface area contributed by atoms with Crippen molar-refractivity contribution in [1.29, 1.82) is 0 Å². The van der Waals surface area contributed by atoms with E-state index in [0.717, 1.165) is 43.6 Å². The zero-order valence-corrected chi connectivity index (χ0v) is 12.7. The van der Waals surface area contributed by atoms with Crippen LogP contribution in [0.4, 0.5) is 0 Å². The van der Waals surface area contributed by atoms with Gasteiger partial charge in [0.2, 0.25) is 0 Å². The van der Waals surface area contributed by atoms with Crippen LogP contribution in [0.1, 0.15) is 75.5 Å². The molecule has 0 bridgehead atoms. The lowest BCUT2D eigenvalue weighted by Crippen LogP contribution is -2.12. The van der Waals surface area contributed by atoms with Crippen LogP contribution in [-0.4, -0.2) is 11.7 Å². The van der Waals surface area contributed by atoms with Crippen LogP contribution in [-0.2, 0) is 6.42 Å². The Bertz CT molecular complexity index is 400. The van der Waals surface area contributed by atoms with Gasteiger partial charge in [0, 0.05) is 5.56 Å². The minimum atomic E-state index is -0.366.